The molecule has 2 rings (SSSR count). The Morgan fingerprint density at radius 1 is 0.833 bits per heavy atom. The van der Waals surface area contributed by atoms with Crippen LogP contribution in [0, 0.1) is 0 Å². The lowest BCUT2D eigenvalue weighted by Gasteiger charge is -2.49. The maximum atomic E-state index is 10.2. The van der Waals surface area contributed by atoms with Crippen LogP contribution in [0.15, 0.2) is 12.1 Å². The van der Waals surface area contributed by atoms with Crippen LogP contribution >= 0.6 is 0 Å². The number of ether oxygens (including phenoxy) is 7. The van der Waals surface area contributed by atoms with Crippen molar-refractivity contribution in [2.24, 2.45) is 0 Å². The fraction of sp³-hybridized carbons (Fsp3) is 0.806. The molecule has 0 aromatic heterocycles. The number of aliphatic hydroxyl groups excluding tert-OH is 2. The first-order valence-corrected chi connectivity index (χ1v) is 15.3. The van der Waals surface area contributed by atoms with Crippen LogP contribution in [0.25, 0.3) is 0 Å². The lowest BCUT2D eigenvalue weighted by Crippen LogP contribution is -2.53. The molecule has 0 spiro atoms. The predicted molar refractivity (Wildman–Crippen MR) is 163 cm³/mol. The minimum absolute atomic E-state index is 0.0149. The van der Waals surface area contributed by atoms with Crippen molar-refractivity contribution < 1.29 is 43.4 Å². The van der Waals surface area contributed by atoms with Crippen molar-refractivity contribution in [3.05, 3.63) is 23.3 Å². The van der Waals surface area contributed by atoms with Gasteiger partial charge in [0.05, 0.1) is 92.4 Å². The van der Waals surface area contributed by atoms with Crippen molar-refractivity contribution in [1.29, 1.82) is 0 Å². The van der Waals surface area contributed by atoms with Crippen molar-refractivity contribution in [2.75, 3.05) is 110 Å². The lowest BCUT2D eigenvalue weighted by atomic mass is 9.78. The summed E-state index contributed by atoms with van der Waals surface area (Å²) in [6, 6.07) is 4.21. The van der Waals surface area contributed by atoms with E-state index < -0.39 is 6.29 Å². The van der Waals surface area contributed by atoms with Gasteiger partial charge in [-0.05, 0) is 56.4 Å². The number of rotatable bonds is 24. The monoisotopic (exact) mass is 600 g/mol. The smallest absolute Gasteiger partial charge is 0.175 e. The highest BCUT2D eigenvalue weighted by Crippen LogP contribution is 2.46. The third kappa shape index (κ3) is 12.6. The Morgan fingerprint density at radius 3 is 1.86 bits per heavy atom. The van der Waals surface area contributed by atoms with Gasteiger partial charge < -0.3 is 54.0 Å². The third-order valence-corrected chi connectivity index (χ3v) is 7.23. The number of benzene rings is 1. The molecule has 1 aliphatic heterocycles. The van der Waals surface area contributed by atoms with Crippen LogP contribution in [0.2, 0.25) is 0 Å². The van der Waals surface area contributed by atoms with Crippen LogP contribution < -0.4 is 10.6 Å². The molecule has 244 valence electrons. The van der Waals surface area contributed by atoms with Crippen molar-refractivity contribution in [3.8, 4) is 0 Å². The average Bonchev–Trinajstić information content (AvgIpc) is 2.95. The Labute approximate surface area is 252 Å². The zero-order chi connectivity index (χ0) is 30.8. The van der Waals surface area contributed by atoms with Crippen LogP contribution in [-0.2, 0) is 33.2 Å². The van der Waals surface area contributed by atoms with Gasteiger partial charge in [-0.1, -0.05) is 13.8 Å². The molecule has 0 bridgehead atoms. The zero-order valence-corrected chi connectivity index (χ0v) is 26.5. The van der Waals surface area contributed by atoms with Crippen LogP contribution in [0.1, 0.15) is 64.0 Å². The Bertz CT molecular complexity index is 856. The van der Waals surface area contributed by atoms with E-state index in [1.165, 1.54) is 0 Å². The van der Waals surface area contributed by atoms with E-state index in [2.05, 4.69) is 38.7 Å². The molecule has 1 aromatic carbocycles. The van der Waals surface area contributed by atoms with Crippen molar-refractivity contribution in [3.63, 3.8) is 0 Å². The van der Waals surface area contributed by atoms with E-state index in [4.69, 9.17) is 44.0 Å². The van der Waals surface area contributed by atoms with Gasteiger partial charge in [0.1, 0.15) is 0 Å². The summed E-state index contributed by atoms with van der Waals surface area (Å²) in [6.07, 6.45) is 0.288. The number of nitrogens with zero attached hydrogens (tertiary/aromatic N) is 1. The molecule has 0 amide bonds. The van der Waals surface area contributed by atoms with Crippen LogP contribution in [0.4, 0.5) is 11.4 Å². The van der Waals surface area contributed by atoms with Gasteiger partial charge in [-0.15, -0.1) is 0 Å². The highest BCUT2D eigenvalue weighted by atomic mass is 16.7. The van der Waals surface area contributed by atoms with Crippen LogP contribution in [0.3, 0.4) is 0 Å². The van der Waals surface area contributed by atoms with Gasteiger partial charge in [-0.25, -0.2) is 0 Å². The second-order valence-corrected chi connectivity index (χ2v) is 11.2. The number of hydrogen-bond acceptors (Lipinski definition) is 11. The molecular weight excluding hydrogens is 544 g/mol. The van der Waals surface area contributed by atoms with Crippen LogP contribution in [-0.4, -0.2) is 121 Å². The fourth-order valence-electron chi connectivity index (χ4n) is 5.11. The Hall–Kier alpha value is -1.54. The van der Waals surface area contributed by atoms with Gasteiger partial charge in [-0.2, -0.15) is 0 Å². The van der Waals surface area contributed by atoms with E-state index in [0.717, 1.165) is 28.9 Å². The molecule has 4 N–H and O–H groups in total. The molecular formula is C31H56N2O9. The molecule has 0 fully saturated rings. The number of aliphatic hydroxyl groups is 2. The molecule has 42 heavy (non-hydrogen) atoms. The van der Waals surface area contributed by atoms with E-state index in [1.807, 2.05) is 13.0 Å². The summed E-state index contributed by atoms with van der Waals surface area (Å²) >= 11 is 0. The maximum absolute atomic E-state index is 10.2. The standard InChI is InChI=1S/C31H56N2O9/c1-6-36-15-17-41-30(42-18-16-40-14-13-39-12-11-38-10-9-37-8-7-34)22-33-29-20-26(24(2)3)28(32)19-27(29)25(23-35)21-31(33,4)5/h19-20,24-25,30,34-35H,6-18,21-23,32H2,1-5H3. The summed E-state index contributed by atoms with van der Waals surface area (Å²) < 4.78 is 39.6. The van der Waals surface area contributed by atoms with Gasteiger partial charge in [0, 0.05) is 29.4 Å². The van der Waals surface area contributed by atoms with Gasteiger partial charge in [-0.3, -0.25) is 0 Å². The first kappa shape index (κ1) is 36.7. The molecule has 0 saturated carbocycles. The van der Waals surface area contributed by atoms with Crippen molar-refractivity contribution >= 4 is 11.4 Å². The Morgan fingerprint density at radius 2 is 1.36 bits per heavy atom. The van der Waals surface area contributed by atoms with Gasteiger partial charge in [0.2, 0.25) is 0 Å². The molecule has 0 aliphatic carbocycles. The second kappa shape index (κ2) is 20.4. The SMILES string of the molecule is CCOCCOC(CN1c2cc(C(C)C)c(N)cc2C(CO)CC1(C)C)OCCOCCOCCOCCOCCO. The topological polar surface area (TPSA) is 134 Å². The fourth-order valence-corrected chi connectivity index (χ4v) is 5.11. The molecule has 1 heterocycles. The van der Waals surface area contributed by atoms with Gasteiger partial charge in [0.25, 0.3) is 0 Å². The Kier molecular flexibility index (Phi) is 17.8. The summed E-state index contributed by atoms with van der Waals surface area (Å²) in [4.78, 5) is 2.33. The van der Waals surface area contributed by atoms with E-state index in [1.54, 1.807) is 0 Å². The lowest BCUT2D eigenvalue weighted by molar-refractivity contribution is -0.154. The van der Waals surface area contributed by atoms with Crippen molar-refractivity contribution in [2.45, 2.75) is 64.7 Å². The maximum Gasteiger partial charge on any atom is 0.175 e. The summed E-state index contributed by atoms with van der Waals surface area (Å²) in [6.45, 7) is 16.7. The number of nitrogens with two attached hydrogens (primary N) is 1. The van der Waals surface area contributed by atoms with Gasteiger partial charge >= 0.3 is 0 Å². The first-order valence-electron chi connectivity index (χ1n) is 15.3. The molecule has 11 nitrogen and oxygen atoms in total. The molecule has 1 aromatic rings. The zero-order valence-electron chi connectivity index (χ0n) is 26.5. The molecule has 1 aliphatic rings. The number of anilines is 2. The average molecular weight is 601 g/mol. The van der Waals surface area contributed by atoms with Gasteiger partial charge in [0.15, 0.2) is 6.29 Å². The largest absolute Gasteiger partial charge is 0.398 e. The number of fused-ring (bicyclic) bond motifs is 1. The van der Waals surface area contributed by atoms with Crippen molar-refractivity contribution in [1.82, 2.24) is 0 Å². The van der Waals surface area contributed by atoms with E-state index in [9.17, 15) is 5.11 Å². The highest BCUT2D eigenvalue weighted by Gasteiger charge is 2.39. The summed E-state index contributed by atoms with van der Waals surface area (Å²) in [5.74, 6) is 0.288. The molecule has 0 saturated heterocycles. The molecule has 2 unspecified atom stereocenters. The van der Waals surface area contributed by atoms with E-state index in [0.29, 0.717) is 85.8 Å². The summed E-state index contributed by atoms with van der Waals surface area (Å²) in [7, 11) is 0. The summed E-state index contributed by atoms with van der Waals surface area (Å²) in [5.41, 5.74) is 10.2. The van der Waals surface area contributed by atoms with E-state index in [-0.39, 0.29) is 30.6 Å². The molecule has 2 atom stereocenters. The molecule has 0 radical (unpaired) electrons. The second-order valence-electron chi connectivity index (χ2n) is 11.2. The number of nitrogen functional groups attached to an aromatic ring is 1. The van der Waals surface area contributed by atoms with E-state index >= 15 is 0 Å². The third-order valence-electron chi connectivity index (χ3n) is 7.23. The Balaban J connectivity index is 1.90. The molecule has 11 heteroatoms. The minimum Gasteiger partial charge on any atom is -0.398 e. The predicted octanol–water partition coefficient (Wildman–Crippen LogP) is 2.91. The number of hydrogen-bond donors (Lipinski definition) is 3. The van der Waals surface area contributed by atoms with Crippen LogP contribution in [0.5, 0.6) is 0 Å². The quantitative estimate of drug-likeness (QED) is 0.0919. The first-order chi connectivity index (χ1) is 20.2. The summed E-state index contributed by atoms with van der Waals surface area (Å²) in [5, 5.41) is 18.9. The normalized spacial score (nSPS) is 17.1. The highest BCUT2D eigenvalue weighted by molar-refractivity contribution is 5.68. The minimum atomic E-state index is -0.498.